The van der Waals surface area contributed by atoms with Gasteiger partial charge in [0.1, 0.15) is 6.61 Å². The van der Waals surface area contributed by atoms with Crippen LogP contribution in [-0.2, 0) is 6.54 Å². The Morgan fingerprint density at radius 2 is 2.00 bits per heavy atom. The van der Waals surface area contributed by atoms with E-state index < -0.39 is 0 Å². The molecule has 0 spiro atoms. The van der Waals surface area contributed by atoms with Crippen molar-refractivity contribution in [3.8, 4) is 5.75 Å². The van der Waals surface area contributed by atoms with Crippen LogP contribution < -0.4 is 21.2 Å². The van der Waals surface area contributed by atoms with E-state index in [1.165, 1.54) is 0 Å². The number of nitrogens with one attached hydrogen (secondary N) is 1. The third-order valence-corrected chi connectivity index (χ3v) is 4.98. The monoisotopic (exact) mass is 339 g/mol. The molecule has 3 aromatic rings. The van der Waals surface area contributed by atoms with E-state index in [9.17, 15) is 9.59 Å². The first-order chi connectivity index (χ1) is 12.1. The minimum atomic E-state index is -0.0731. The van der Waals surface area contributed by atoms with Crippen molar-refractivity contribution < 1.29 is 4.74 Å². The fourth-order valence-corrected chi connectivity index (χ4v) is 3.86. The lowest BCUT2D eigenvalue weighted by atomic mass is 10.0. The minimum absolute atomic E-state index is 0.0320. The van der Waals surface area contributed by atoms with Crippen molar-refractivity contribution in [3.05, 3.63) is 50.5 Å². The molecule has 0 amide bonds. The molecule has 1 aliphatic heterocycles. The number of nitrogens with zero attached hydrogens (tertiary/aromatic N) is 2. The maximum absolute atomic E-state index is 12.7. The van der Waals surface area contributed by atoms with Gasteiger partial charge in [-0.2, -0.15) is 0 Å². The third-order valence-electron chi connectivity index (χ3n) is 4.98. The van der Waals surface area contributed by atoms with Crippen LogP contribution in [-0.4, -0.2) is 29.3 Å². The third kappa shape index (κ3) is 2.21. The SMILES string of the molecule is CCn1c(=O)ccc2cc3c(C)cc(=O)n4c3c(c21)OC[C@@H]4CNC. The minimum Gasteiger partial charge on any atom is -0.487 e. The zero-order chi connectivity index (χ0) is 17.7. The maximum Gasteiger partial charge on any atom is 0.251 e. The fourth-order valence-electron chi connectivity index (χ4n) is 3.86. The standard InChI is InChI=1S/C19H21N3O3/c1-4-21-15(23)6-5-12-8-14-11(2)7-16(24)22-13(9-20-3)10-25-19(17(12)21)18(14)22/h5-8,13,20H,4,9-10H2,1-3H3/t13-/m0/s1. The number of aryl methyl sites for hydroxylation is 2. The van der Waals surface area contributed by atoms with Crippen LogP contribution in [0.15, 0.2) is 33.9 Å². The van der Waals surface area contributed by atoms with Crippen LogP contribution in [0.2, 0.25) is 0 Å². The first-order valence-electron chi connectivity index (χ1n) is 8.56. The molecule has 0 unspecified atom stereocenters. The van der Waals surface area contributed by atoms with Crippen LogP contribution in [0, 0.1) is 6.92 Å². The van der Waals surface area contributed by atoms with Crippen molar-refractivity contribution >= 4 is 21.8 Å². The summed E-state index contributed by atoms with van der Waals surface area (Å²) in [5.74, 6) is 0.639. The summed E-state index contributed by atoms with van der Waals surface area (Å²) < 4.78 is 9.64. The molecule has 3 heterocycles. The van der Waals surface area contributed by atoms with Crippen LogP contribution in [0.3, 0.4) is 0 Å². The molecule has 0 radical (unpaired) electrons. The number of fused-ring (bicyclic) bond motifs is 2. The highest BCUT2D eigenvalue weighted by Crippen LogP contribution is 2.38. The number of ether oxygens (including phenoxy) is 1. The van der Waals surface area contributed by atoms with E-state index in [1.54, 1.807) is 16.7 Å². The normalized spacial score (nSPS) is 16.4. The van der Waals surface area contributed by atoms with Gasteiger partial charge < -0.3 is 14.6 Å². The predicted octanol–water partition coefficient (Wildman–Crippen LogP) is 1.80. The molecule has 25 heavy (non-hydrogen) atoms. The molecular weight excluding hydrogens is 318 g/mol. The highest BCUT2D eigenvalue weighted by atomic mass is 16.5. The largest absolute Gasteiger partial charge is 0.487 e. The zero-order valence-electron chi connectivity index (χ0n) is 14.6. The van der Waals surface area contributed by atoms with E-state index >= 15 is 0 Å². The molecule has 1 atom stereocenters. The number of pyridine rings is 2. The van der Waals surface area contributed by atoms with Crippen molar-refractivity contribution in [1.29, 1.82) is 0 Å². The zero-order valence-corrected chi connectivity index (χ0v) is 14.6. The Morgan fingerprint density at radius 3 is 2.72 bits per heavy atom. The summed E-state index contributed by atoms with van der Waals surface area (Å²) >= 11 is 0. The second kappa shape index (κ2) is 5.74. The molecule has 6 nitrogen and oxygen atoms in total. The fraction of sp³-hybridized carbons (Fsp3) is 0.368. The topological polar surface area (TPSA) is 65.3 Å². The number of benzene rings is 1. The molecule has 6 heteroatoms. The van der Waals surface area contributed by atoms with Crippen LogP contribution in [0.1, 0.15) is 18.5 Å². The number of aromatic nitrogens is 2. The lowest BCUT2D eigenvalue weighted by molar-refractivity contribution is 0.233. The first-order valence-corrected chi connectivity index (χ1v) is 8.56. The van der Waals surface area contributed by atoms with Gasteiger partial charge in [-0.25, -0.2) is 0 Å². The average molecular weight is 339 g/mol. The first kappa shape index (κ1) is 15.9. The predicted molar refractivity (Wildman–Crippen MR) is 98.8 cm³/mol. The van der Waals surface area contributed by atoms with Crippen molar-refractivity contribution in [1.82, 2.24) is 14.5 Å². The second-order valence-corrected chi connectivity index (χ2v) is 6.51. The summed E-state index contributed by atoms with van der Waals surface area (Å²) in [6.45, 7) is 5.47. The Hall–Kier alpha value is -2.60. The van der Waals surface area contributed by atoms with Crippen LogP contribution in [0.5, 0.6) is 5.75 Å². The lowest BCUT2D eigenvalue weighted by Gasteiger charge is -2.30. The Labute approximate surface area is 144 Å². The van der Waals surface area contributed by atoms with Crippen molar-refractivity contribution in [2.45, 2.75) is 26.4 Å². The van der Waals surface area contributed by atoms with E-state index in [4.69, 9.17) is 4.74 Å². The lowest BCUT2D eigenvalue weighted by Crippen LogP contribution is -2.37. The van der Waals surface area contributed by atoms with Gasteiger partial charge in [0.25, 0.3) is 11.1 Å². The molecule has 0 saturated heterocycles. The van der Waals surface area contributed by atoms with Gasteiger partial charge in [0, 0.05) is 36.0 Å². The summed E-state index contributed by atoms with van der Waals surface area (Å²) in [6, 6.07) is 7.08. The molecule has 0 fully saturated rings. The Bertz CT molecular complexity index is 1110. The van der Waals surface area contributed by atoms with Crippen molar-refractivity contribution in [2.24, 2.45) is 0 Å². The van der Waals surface area contributed by atoms with Gasteiger partial charge in [0.15, 0.2) is 5.75 Å². The molecule has 4 rings (SSSR count). The molecular formula is C19H21N3O3. The summed E-state index contributed by atoms with van der Waals surface area (Å²) in [4.78, 5) is 25.0. The van der Waals surface area contributed by atoms with Crippen molar-refractivity contribution in [3.63, 3.8) is 0 Å². The van der Waals surface area contributed by atoms with Crippen LogP contribution >= 0.6 is 0 Å². The summed E-state index contributed by atoms with van der Waals surface area (Å²) in [5.41, 5.74) is 2.38. The number of hydrogen-bond acceptors (Lipinski definition) is 4. The number of likely N-dealkylation sites (N-methyl/N-ethyl adjacent to an activating group) is 1. The summed E-state index contributed by atoms with van der Waals surface area (Å²) in [6.07, 6.45) is 0. The summed E-state index contributed by atoms with van der Waals surface area (Å²) in [5, 5.41) is 5.07. The van der Waals surface area contributed by atoms with Crippen molar-refractivity contribution in [2.75, 3.05) is 20.2 Å². The van der Waals surface area contributed by atoms with E-state index in [1.807, 2.05) is 31.5 Å². The molecule has 0 saturated carbocycles. The maximum atomic E-state index is 12.7. The molecule has 0 aliphatic carbocycles. The van der Waals surface area contributed by atoms with Gasteiger partial charge in [-0.15, -0.1) is 0 Å². The van der Waals surface area contributed by atoms with Gasteiger partial charge in [-0.05, 0) is 38.6 Å². The quantitative estimate of drug-likeness (QED) is 0.739. The molecule has 130 valence electrons. The summed E-state index contributed by atoms with van der Waals surface area (Å²) in [7, 11) is 1.86. The van der Waals surface area contributed by atoms with Crippen LogP contribution in [0.4, 0.5) is 0 Å². The van der Waals surface area contributed by atoms with Gasteiger partial charge in [-0.1, -0.05) is 0 Å². The molecule has 1 N–H and O–H groups in total. The van der Waals surface area contributed by atoms with Gasteiger partial charge in [-0.3, -0.25) is 14.2 Å². The number of rotatable bonds is 3. The van der Waals surface area contributed by atoms with Gasteiger partial charge >= 0.3 is 0 Å². The Kier molecular flexibility index (Phi) is 3.65. The molecule has 1 aromatic carbocycles. The highest BCUT2D eigenvalue weighted by Gasteiger charge is 2.27. The van der Waals surface area contributed by atoms with Crippen LogP contribution in [0.25, 0.3) is 21.8 Å². The molecule has 2 aromatic heterocycles. The smallest absolute Gasteiger partial charge is 0.251 e. The van der Waals surface area contributed by atoms with Gasteiger partial charge in [0.2, 0.25) is 0 Å². The Balaban J connectivity index is 2.25. The second-order valence-electron chi connectivity index (χ2n) is 6.51. The number of hydrogen-bond donors (Lipinski definition) is 1. The van der Waals surface area contributed by atoms with E-state index in [-0.39, 0.29) is 17.2 Å². The molecule has 0 bridgehead atoms. The van der Waals surface area contributed by atoms with E-state index in [2.05, 4.69) is 11.4 Å². The van der Waals surface area contributed by atoms with E-state index in [0.29, 0.717) is 25.4 Å². The average Bonchev–Trinajstić information content (AvgIpc) is 2.60. The Morgan fingerprint density at radius 1 is 1.20 bits per heavy atom. The highest BCUT2D eigenvalue weighted by molar-refractivity contribution is 6.03. The van der Waals surface area contributed by atoms with E-state index in [0.717, 1.165) is 27.4 Å². The van der Waals surface area contributed by atoms with Gasteiger partial charge in [0.05, 0.1) is 17.1 Å². The molecule has 1 aliphatic rings.